The van der Waals surface area contributed by atoms with Gasteiger partial charge < -0.3 is 5.21 Å². The topological polar surface area (TPSA) is 32.6 Å². The summed E-state index contributed by atoms with van der Waals surface area (Å²) >= 11 is 5.92. The van der Waals surface area contributed by atoms with Gasteiger partial charge in [0.2, 0.25) is 0 Å². The van der Waals surface area contributed by atoms with Crippen molar-refractivity contribution in [2.75, 3.05) is 0 Å². The molecule has 2 unspecified atom stereocenters. The first-order chi connectivity index (χ1) is 5.27. The van der Waals surface area contributed by atoms with Gasteiger partial charge in [-0.25, -0.2) is 0 Å². The first-order valence-corrected chi connectivity index (χ1v) is 4.19. The van der Waals surface area contributed by atoms with Crippen molar-refractivity contribution in [3.05, 3.63) is 12.7 Å². The standard InChI is InChI=1S/C8H12ClNO/c1-2-6-3-4-8(10-11)7(9)5-6/h2,6-7,11H,1,3-5H2. The molecule has 1 fully saturated rings. The van der Waals surface area contributed by atoms with Gasteiger partial charge in [-0.15, -0.1) is 18.2 Å². The molecule has 0 saturated heterocycles. The Kier molecular flexibility index (Phi) is 2.94. The van der Waals surface area contributed by atoms with Crippen LogP contribution in [0.1, 0.15) is 19.3 Å². The maximum absolute atomic E-state index is 8.50. The molecule has 1 aliphatic rings. The number of hydrogen-bond donors (Lipinski definition) is 1. The van der Waals surface area contributed by atoms with Crippen LogP contribution in [0.2, 0.25) is 0 Å². The fourth-order valence-corrected chi connectivity index (χ4v) is 1.72. The van der Waals surface area contributed by atoms with Gasteiger partial charge in [0.25, 0.3) is 0 Å². The van der Waals surface area contributed by atoms with Gasteiger partial charge in [-0.05, 0) is 25.2 Å². The largest absolute Gasteiger partial charge is 0.411 e. The van der Waals surface area contributed by atoms with Gasteiger partial charge in [0.1, 0.15) is 0 Å². The van der Waals surface area contributed by atoms with E-state index in [0.717, 1.165) is 19.3 Å². The van der Waals surface area contributed by atoms with E-state index in [4.69, 9.17) is 16.8 Å². The van der Waals surface area contributed by atoms with Gasteiger partial charge >= 0.3 is 0 Å². The van der Waals surface area contributed by atoms with Crippen LogP contribution in [0.3, 0.4) is 0 Å². The van der Waals surface area contributed by atoms with E-state index in [1.165, 1.54) is 0 Å². The molecule has 0 aromatic carbocycles. The zero-order valence-corrected chi connectivity index (χ0v) is 7.09. The molecule has 0 aliphatic heterocycles. The van der Waals surface area contributed by atoms with E-state index in [-0.39, 0.29) is 5.38 Å². The molecule has 3 heteroatoms. The van der Waals surface area contributed by atoms with Crippen molar-refractivity contribution in [1.29, 1.82) is 0 Å². The van der Waals surface area contributed by atoms with E-state index >= 15 is 0 Å². The monoisotopic (exact) mass is 173 g/mol. The van der Waals surface area contributed by atoms with Crippen molar-refractivity contribution in [3.8, 4) is 0 Å². The summed E-state index contributed by atoms with van der Waals surface area (Å²) in [5.41, 5.74) is 0.713. The highest BCUT2D eigenvalue weighted by molar-refractivity contribution is 6.32. The zero-order chi connectivity index (χ0) is 8.27. The van der Waals surface area contributed by atoms with E-state index in [1.54, 1.807) is 0 Å². The smallest absolute Gasteiger partial charge is 0.0757 e. The molecule has 2 atom stereocenters. The number of rotatable bonds is 1. The van der Waals surface area contributed by atoms with Gasteiger partial charge in [0, 0.05) is 0 Å². The number of oxime groups is 1. The molecular formula is C8H12ClNO. The molecule has 11 heavy (non-hydrogen) atoms. The Morgan fingerprint density at radius 1 is 1.73 bits per heavy atom. The number of nitrogens with zero attached hydrogens (tertiary/aromatic N) is 1. The lowest BCUT2D eigenvalue weighted by Crippen LogP contribution is -2.24. The third kappa shape index (κ3) is 1.96. The number of alkyl halides is 1. The van der Waals surface area contributed by atoms with Crippen LogP contribution in [0.5, 0.6) is 0 Å². The predicted octanol–water partition coefficient (Wildman–Crippen LogP) is 2.41. The Hall–Kier alpha value is -0.500. The molecule has 62 valence electrons. The average Bonchev–Trinajstić information content (AvgIpc) is 2.04. The molecule has 1 saturated carbocycles. The molecule has 1 rings (SSSR count). The Morgan fingerprint density at radius 3 is 2.91 bits per heavy atom. The van der Waals surface area contributed by atoms with Crippen LogP contribution >= 0.6 is 11.6 Å². The van der Waals surface area contributed by atoms with Gasteiger partial charge in [0.05, 0.1) is 11.1 Å². The summed E-state index contributed by atoms with van der Waals surface area (Å²) < 4.78 is 0. The normalized spacial score (nSPS) is 35.5. The molecule has 0 heterocycles. The third-order valence-corrected chi connectivity index (χ3v) is 2.53. The lowest BCUT2D eigenvalue weighted by atomic mass is 9.88. The minimum absolute atomic E-state index is 0.100. The number of allylic oxidation sites excluding steroid dienone is 1. The quantitative estimate of drug-likeness (QED) is 0.281. The van der Waals surface area contributed by atoms with Crippen LogP contribution in [0, 0.1) is 5.92 Å². The van der Waals surface area contributed by atoms with Crippen LogP contribution < -0.4 is 0 Å². The van der Waals surface area contributed by atoms with Crippen LogP contribution in [0.25, 0.3) is 0 Å². The fourth-order valence-electron chi connectivity index (χ4n) is 1.34. The lowest BCUT2D eigenvalue weighted by Gasteiger charge is -2.23. The molecule has 1 aliphatic carbocycles. The Labute approximate surface area is 71.5 Å². The van der Waals surface area contributed by atoms with Crippen molar-refractivity contribution in [3.63, 3.8) is 0 Å². The fraction of sp³-hybridized carbons (Fsp3) is 0.625. The van der Waals surface area contributed by atoms with Crippen molar-refractivity contribution >= 4 is 17.3 Å². The summed E-state index contributed by atoms with van der Waals surface area (Å²) in [4.78, 5) is 0. The second-order valence-corrected chi connectivity index (χ2v) is 3.36. The molecule has 1 N–H and O–H groups in total. The van der Waals surface area contributed by atoms with E-state index in [2.05, 4.69) is 11.7 Å². The maximum atomic E-state index is 8.50. The van der Waals surface area contributed by atoms with E-state index in [9.17, 15) is 0 Å². The summed E-state index contributed by atoms with van der Waals surface area (Å²) in [7, 11) is 0. The van der Waals surface area contributed by atoms with Crippen LogP contribution in [0.4, 0.5) is 0 Å². The van der Waals surface area contributed by atoms with Crippen molar-refractivity contribution < 1.29 is 5.21 Å². The van der Waals surface area contributed by atoms with Gasteiger partial charge in [-0.3, -0.25) is 0 Å². The van der Waals surface area contributed by atoms with Crippen LogP contribution in [-0.4, -0.2) is 16.3 Å². The highest BCUT2D eigenvalue weighted by Crippen LogP contribution is 2.26. The predicted molar refractivity (Wildman–Crippen MR) is 46.4 cm³/mol. The van der Waals surface area contributed by atoms with Crippen LogP contribution in [-0.2, 0) is 0 Å². The summed E-state index contributed by atoms with van der Waals surface area (Å²) in [5.74, 6) is 0.489. The summed E-state index contributed by atoms with van der Waals surface area (Å²) in [6.07, 6.45) is 4.57. The molecule has 2 nitrogen and oxygen atoms in total. The van der Waals surface area contributed by atoms with E-state index < -0.39 is 0 Å². The average molecular weight is 174 g/mol. The van der Waals surface area contributed by atoms with E-state index in [1.807, 2.05) is 6.08 Å². The molecule has 0 aromatic rings. The summed E-state index contributed by atoms with van der Waals surface area (Å²) in [5, 5.41) is 11.5. The van der Waals surface area contributed by atoms with Gasteiger partial charge in [-0.2, -0.15) is 0 Å². The second kappa shape index (κ2) is 3.77. The molecule has 0 radical (unpaired) electrons. The summed E-state index contributed by atoms with van der Waals surface area (Å²) in [6, 6.07) is 0. The number of halogens is 1. The van der Waals surface area contributed by atoms with Gasteiger partial charge in [0.15, 0.2) is 0 Å². The SMILES string of the molecule is C=CC1CCC(=NO)C(Cl)C1. The minimum atomic E-state index is -0.100. The molecule has 0 bridgehead atoms. The zero-order valence-electron chi connectivity index (χ0n) is 6.33. The molecule has 0 aromatic heterocycles. The Bertz CT molecular complexity index is 179. The van der Waals surface area contributed by atoms with E-state index in [0.29, 0.717) is 11.6 Å². The van der Waals surface area contributed by atoms with Crippen molar-refractivity contribution in [2.24, 2.45) is 11.1 Å². The lowest BCUT2D eigenvalue weighted by molar-refractivity contribution is 0.313. The highest BCUT2D eigenvalue weighted by atomic mass is 35.5. The summed E-state index contributed by atoms with van der Waals surface area (Å²) in [6.45, 7) is 3.71. The molecule has 0 amide bonds. The Morgan fingerprint density at radius 2 is 2.45 bits per heavy atom. The van der Waals surface area contributed by atoms with Crippen molar-refractivity contribution in [1.82, 2.24) is 0 Å². The minimum Gasteiger partial charge on any atom is -0.411 e. The maximum Gasteiger partial charge on any atom is 0.0757 e. The second-order valence-electron chi connectivity index (χ2n) is 2.83. The molecule has 0 spiro atoms. The third-order valence-electron chi connectivity index (χ3n) is 2.10. The van der Waals surface area contributed by atoms with Gasteiger partial charge in [-0.1, -0.05) is 11.2 Å². The first kappa shape index (κ1) is 8.60. The Balaban J connectivity index is 2.54. The van der Waals surface area contributed by atoms with Crippen molar-refractivity contribution in [2.45, 2.75) is 24.6 Å². The van der Waals surface area contributed by atoms with Crippen LogP contribution in [0.15, 0.2) is 17.8 Å². The highest BCUT2D eigenvalue weighted by Gasteiger charge is 2.23. The number of hydrogen-bond acceptors (Lipinski definition) is 2. The molecular weight excluding hydrogens is 162 g/mol. The first-order valence-electron chi connectivity index (χ1n) is 3.75.